The molecule has 0 saturated heterocycles. The van der Waals surface area contributed by atoms with E-state index in [0.29, 0.717) is 0 Å². The average molecular weight is 257 g/mol. The second-order valence-electron chi connectivity index (χ2n) is 4.22. The molecule has 98 valence electrons. The Hall–Kier alpha value is -2.49. The zero-order chi connectivity index (χ0) is 13.8. The quantitative estimate of drug-likeness (QED) is 0.886. The predicted molar refractivity (Wildman–Crippen MR) is 72.6 cm³/mol. The third kappa shape index (κ3) is 3.04. The topological polar surface area (TPSA) is 72.5 Å². The highest BCUT2D eigenvalue weighted by atomic mass is 16.6. The Morgan fingerprint density at radius 3 is 2.63 bits per heavy atom. The second kappa shape index (κ2) is 5.44. The summed E-state index contributed by atoms with van der Waals surface area (Å²) < 4.78 is 5.00. The minimum atomic E-state index is -0.807. The van der Waals surface area contributed by atoms with Gasteiger partial charge in [-0.15, -0.1) is 0 Å². The monoisotopic (exact) mass is 257 g/mol. The molecule has 2 rings (SSSR count). The van der Waals surface area contributed by atoms with E-state index < -0.39 is 12.2 Å². The largest absolute Gasteiger partial charge is 0.508 e. The van der Waals surface area contributed by atoms with Gasteiger partial charge in [-0.05, 0) is 30.2 Å². The molecule has 0 aromatic heterocycles. The summed E-state index contributed by atoms with van der Waals surface area (Å²) in [5, 5.41) is 9.54. The van der Waals surface area contributed by atoms with Crippen molar-refractivity contribution >= 4 is 6.09 Å². The molecule has 0 aliphatic heterocycles. The van der Waals surface area contributed by atoms with Crippen molar-refractivity contribution in [3.63, 3.8) is 0 Å². The van der Waals surface area contributed by atoms with Crippen molar-refractivity contribution in [2.45, 2.75) is 13.0 Å². The van der Waals surface area contributed by atoms with Crippen LogP contribution in [0.1, 0.15) is 18.6 Å². The van der Waals surface area contributed by atoms with Crippen LogP contribution in [0.3, 0.4) is 0 Å². The lowest BCUT2D eigenvalue weighted by Crippen LogP contribution is -2.16. The van der Waals surface area contributed by atoms with Gasteiger partial charge in [0.15, 0.2) is 0 Å². The van der Waals surface area contributed by atoms with E-state index in [1.165, 1.54) is 0 Å². The van der Waals surface area contributed by atoms with Gasteiger partial charge in [-0.1, -0.05) is 36.4 Å². The second-order valence-corrected chi connectivity index (χ2v) is 4.22. The first-order valence-corrected chi connectivity index (χ1v) is 5.92. The Bertz CT molecular complexity index is 595. The van der Waals surface area contributed by atoms with Crippen LogP contribution in [0.15, 0.2) is 48.5 Å². The number of hydrogen-bond acceptors (Lipinski definition) is 3. The standard InChI is InChI=1S/C15H15NO3/c1-10(19-15(16)18)13-7-2-3-8-14(13)11-5-4-6-12(17)9-11/h2-10,17H,1H3,(H2,16,18). The van der Waals surface area contributed by atoms with Crippen LogP contribution in [-0.4, -0.2) is 11.2 Å². The van der Waals surface area contributed by atoms with E-state index >= 15 is 0 Å². The smallest absolute Gasteiger partial charge is 0.405 e. The van der Waals surface area contributed by atoms with Crippen LogP contribution < -0.4 is 5.73 Å². The molecule has 19 heavy (non-hydrogen) atoms. The first kappa shape index (κ1) is 13.0. The van der Waals surface area contributed by atoms with Crippen LogP contribution in [0.5, 0.6) is 5.75 Å². The molecular weight excluding hydrogens is 242 g/mol. The molecule has 4 heteroatoms. The molecule has 1 atom stereocenters. The molecule has 4 nitrogen and oxygen atoms in total. The van der Waals surface area contributed by atoms with Gasteiger partial charge in [0.2, 0.25) is 0 Å². The number of amides is 1. The van der Waals surface area contributed by atoms with Crippen LogP contribution in [0.25, 0.3) is 11.1 Å². The van der Waals surface area contributed by atoms with E-state index in [0.717, 1.165) is 16.7 Å². The molecular formula is C15H15NO3. The molecule has 2 aromatic rings. The minimum Gasteiger partial charge on any atom is -0.508 e. The number of aromatic hydroxyl groups is 1. The van der Waals surface area contributed by atoms with E-state index in [1.807, 2.05) is 30.3 Å². The molecule has 0 heterocycles. The lowest BCUT2D eigenvalue weighted by atomic mass is 9.96. The number of carbonyl (C=O) groups is 1. The molecule has 3 N–H and O–H groups in total. The molecule has 0 aliphatic rings. The number of carbonyl (C=O) groups excluding carboxylic acids is 1. The van der Waals surface area contributed by atoms with Gasteiger partial charge in [-0.25, -0.2) is 4.79 Å². The van der Waals surface area contributed by atoms with Crippen molar-refractivity contribution in [2.75, 3.05) is 0 Å². The Balaban J connectivity index is 2.44. The predicted octanol–water partition coefficient (Wildman–Crippen LogP) is 3.22. The van der Waals surface area contributed by atoms with Crippen molar-refractivity contribution in [2.24, 2.45) is 5.73 Å². The highest BCUT2D eigenvalue weighted by Gasteiger charge is 2.14. The van der Waals surface area contributed by atoms with Gasteiger partial charge in [-0.2, -0.15) is 0 Å². The van der Waals surface area contributed by atoms with Crippen LogP contribution in [0.4, 0.5) is 4.79 Å². The van der Waals surface area contributed by atoms with E-state index in [1.54, 1.807) is 25.1 Å². The van der Waals surface area contributed by atoms with Crippen molar-refractivity contribution in [3.8, 4) is 16.9 Å². The molecule has 1 amide bonds. The van der Waals surface area contributed by atoms with E-state index in [-0.39, 0.29) is 5.75 Å². The summed E-state index contributed by atoms with van der Waals surface area (Å²) in [6.45, 7) is 1.76. The summed E-state index contributed by atoms with van der Waals surface area (Å²) in [6, 6.07) is 14.4. The number of nitrogens with two attached hydrogens (primary N) is 1. The zero-order valence-corrected chi connectivity index (χ0v) is 10.5. The SMILES string of the molecule is CC(OC(N)=O)c1ccccc1-c1cccc(O)c1. The average Bonchev–Trinajstić information content (AvgIpc) is 2.38. The highest BCUT2D eigenvalue weighted by molar-refractivity contribution is 5.70. The highest BCUT2D eigenvalue weighted by Crippen LogP contribution is 2.31. The third-order valence-corrected chi connectivity index (χ3v) is 2.85. The maximum Gasteiger partial charge on any atom is 0.405 e. The van der Waals surface area contributed by atoms with Crippen LogP contribution >= 0.6 is 0 Å². The fourth-order valence-electron chi connectivity index (χ4n) is 2.03. The Kier molecular flexibility index (Phi) is 3.71. The minimum absolute atomic E-state index is 0.191. The number of primary amides is 1. The van der Waals surface area contributed by atoms with Gasteiger partial charge < -0.3 is 15.6 Å². The molecule has 1 unspecified atom stereocenters. The maximum absolute atomic E-state index is 10.8. The van der Waals surface area contributed by atoms with E-state index in [2.05, 4.69) is 0 Å². The summed E-state index contributed by atoms with van der Waals surface area (Å²) in [5.74, 6) is 0.191. The molecule has 0 aliphatic carbocycles. The first-order valence-electron chi connectivity index (χ1n) is 5.92. The number of phenolic OH excluding ortho intramolecular Hbond substituents is 1. The Labute approximate surface area is 111 Å². The van der Waals surface area contributed by atoms with E-state index in [9.17, 15) is 9.90 Å². The Morgan fingerprint density at radius 1 is 1.21 bits per heavy atom. The van der Waals surface area contributed by atoms with Crippen LogP contribution in [-0.2, 0) is 4.74 Å². The molecule has 0 saturated carbocycles. The maximum atomic E-state index is 10.8. The fourth-order valence-corrected chi connectivity index (χ4v) is 2.03. The summed E-state index contributed by atoms with van der Waals surface area (Å²) in [4.78, 5) is 10.8. The summed E-state index contributed by atoms with van der Waals surface area (Å²) >= 11 is 0. The normalized spacial score (nSPS) is 11.8. The molecule has 2 aromatic carbocycles. The third-order valence-electron chi connectivity index (χ3n) is 2.85. The summed E-state index contributed by atoms with van der Waals surface area (Å²) in [5.41, 5.74) is 7.63. The lowest BCUT2D eigenvalue weighted by Gasteiger charge is -2.16. The van der Waals surface area contributed by atoms with Crippen molar-refractivity contribution in [1.82, 2.24) is 0 Å². The van der Waals surface area contributed by atoms with Crippen LogP contribution in [0.2, 0.25) is 0 Å². The number of benzene rings is 2. The number of ether oxygens (including phenoxy) is 1. The fraction of sp³-hybridized carbons (Fsp3) is 0.133. The van der Waals surface area contributed by atoms with Gasteiger partial charge in [0, 0.05) is 5.56 Å². The molecule has 0 fully saturated rings. The van der Waals surface area contributed by atoms with Crippen LogP contribution in [0, 0.1) is 0 Å². The first-order chi connectivity index (χ1) is 9.08. The van der Waals surface area contributed by atoms with Gasteiger partial charge in [0.1, 0.15) is 11.9 Å². The number of phenols is 1. The Morgan fingerprint density at radius 2 is 1.95 bits per heavy atom. The zero-order valence-electron chi connectivity index (χ0n) is 10.5. The number of rotatable bonds is 3. The van der Waals surface area contributed by atoms with Gasteiger partial charge in [0.25, 0.3) is 0 Å². The molecule has 0 radical (unpaired) electrons. The molecule has 0 spiro atoms. The molecule has 0 bridgehead atoms. The van der Waals surface area contributed by atoms with Gasteiger partial charge >= 0.3 is 6.09 Å². The van der Waals surface area contributed by atoms with Crippen molar-refractivity contribution in [3.05, 3.63) is 54.1 Å². The number of hydrogen-bond donors (Lipinski definition) is 2. The van der Waals surface area contributed by atoms with Gasteiger partial charge in [0.05, 0.1) is 0 Å². The lowest BCUT2D eigenvalue weighted by molar-refractivity contribution is 0.117. The summed E-state index contributed by atoms with van der Waals surface area (Å²) in [7, 11) is 0. The van der Waals surface area contributed by atoms with E-state index in [4.69, 9.17) is 10.5 Å². The van der Waals surface area contributed by atoms with Crippen molar-refractivity contribution < 1.29 is 14.6 Å². The van der Waals surface area contributed by atoms with Crippen molar-refractivity contribution in [1.29, 1.82) is 0 Å². The summed E-state index contributed by atoms with van der Waals surface area (Å²) in [6.07, 6.45) is -1.26. The van der Waals surface area contributed by atoms with Gasteiger partial charge in [-0.3, -0.25) is 0 Å².